The molecular formula is C40H37BINO8. The predicted octanol–water partition coefficient (Wildman–Crippen LogP) is 5.61. The summed E-state index contributed by atoms with van der Waals surface area (Å²) < 4.78 is 18.9. The second-order valence-electron chi connectivity index (χ2n) is 13.0. The number of phenolic OH excluding ortho intramolecular Hbond substituents is 1. The number of para-hydroxylation sites is 1. The van der Waals surface area contributed by atoms with Gasteiger partial charge in [-0.2, -0.15) is 0 Å². The Labute approximate surface area is 310 Å². The van der Waals surface area contributed by atoms with Crippen LogP contribution < -0.4 is 19.8 Å². The van der Waals surface area contributed by atoms with E-state index in [1.54, 1.807) is 12.1 Å². The van der Waals surface area contributed by atoms with Crippen molar-refractivity contribution in [3.63, 3.8) is 0 Å². The Kier molecular flexibility index (Phi) is 10.3. The fourth-order valence-electron chi connectivity index (χ4n) is 7.64. The SMILES string of the molecule is COc1cc(/C=C(/CC[C@H]2OC[C@H]3C2=C(COc2ccccc2)C[C@H]2C(=O)N(c4cccc(B(O)O)c4)C(=O)[C@H]23)c2ccccc2)cc(I)c1O. The smallest absolute Gasteiger partial charge is 0.488 e. The highest BCUT2D eigenvalue weighted by Gasteiger charge is 2.57. The van der Waals surface area contributed by atoms with E-state index in [-0.39, 0.29) is 41.7 Å². The van der Waals surface area contributed by atoms with Crippen molar-refractivity contribution in [3.8, 4) is 17.2 Å². The number of halogens is 1. The first-order valence-corrected chi connectivity index (χ1v) is 18.0. The molecule has 2 saturated heterocycles. The molecule has 260 valence electrons. The lowest BCUT2D eigenvalue weighted by molar-refractivity contribution is -0.122. The number of imide groups is 1. The van der Waals surface area contributed by atoms with Crippen LogP contribution >= 0.6 is 22.6 Å². The number of carbonyl (C=O) groups is 2. The number of rotatable bonds is 11. The minimum absolute atomic E-state index is 0.104. The highest BCUT2D eigenvalue weighted by Crippen LogP contribution is 2.51. The molecule has 11 heteroatoms. The van der Waals surface area contributed by atoms with Crippen LogP contribution in [0.15, 0.2) is 108 Å². The number of hydrogen-bond donors (Lipinski definition) is 3. The standard InChI is InChI=1S/C40H37BINO8/c1-49-35-19-24(18-33(42)38(35)44)17-26(25-9-4-2-5-10-25)15-16-34-36-27(22-50-30-13-6-3-7-14-30)20-31-37(32(36)23-51-34)40(46)43(39(31)45)29-12-8-11-28(21-29)41(47)48/h2-14,17-19,21,31-32,34,37,44,47-48H,15-16,20,22-23H2,1H3/b26-17-/t31-,32+,34-,37-/m1/s1. The molecule has 4 aromatic rings. The zero-order valence-corrected chi connectivity index (χ0v) is 30.1. The minimum atomic E-state index is -1.73. The second kappa shape index (κ2) is 15.0. The lowest BCUT2D eigenvalue weighted by atomic mass is 9.69. The number of amides is 2. The minimum Gasteiger partial charge on any atom is -0.504 e. The van der Waals surface area contributed by atoms with E-state index in [0.717, 1.165) is 27.8 Å². The van der Waals surface area contributed by atoms with Gasteiger partial charge in [-0.3, -0.25) is 14.5 Å². The van der Waals surface area contributed by atoms with Crippen LogP contribution in [0.2, 0.25) is 0 Å². The number of phenols is 1. The van der Waals surface area contributed by atoms with Crippen molar-refractivity contribution in [2.75, 3.05) is 25.2 Å². The number of aromatic hydroxyl groups is 1. The number of carbonyl (C=O) groups excluding carboxylic acids is 2. The number of nitrogens with zero attached hydrogens (tertiary/aromatic N) is 1. The Hall–Kier alpha value is -4.43. The largest absolute Gasteiger partial charge is 0.504 e. The van der Waals surface area contributed by atoms with Crippen LogP contribution in [0.25, 0.3) is 11.6 Å². The maximum Gasteiger partial charge on any atom is 0.488 e. The average Bonchev–Trinajstić information content (AvgIpc) is 3.68. The van der Waals surface area contributed by atoms with Gasteiger partial charge in [0.1, 0.15) is 12.4 Å². The molecule has 7 rings (SSSR count). The van der Waals surface area contributed by atoms with Gasteiger partial charge in [0, 0.05) is 5.92 Å². The second-order valence-corrected chi connectivity index (χ2v) is 14.2. The van der Waals surface area contributed by atoms with Crippen molar-refractivity contribution in [2.24, 2.45) is 17.8 Å². The number of fused-ring (bicyclic) bond motifs is 3. The summed E-state index contributed by atoms with van der Waals surface area (Å²) >= 11 is 2.10. The summed E-state index contributed by atoms with van der Waals surface area (Å²) in [5, 5.41) is 30.0. The van der Waals surface area contributed by atoms with Gasteiger partial charge in [0.25, 0.3) is 0 Å². The lowest BCUT2D eigenvalue weighted by Gasteiger charge is -2.31. The van der Waals surface area contributed by atoms with E-state index in [1.165, 1.54) is 24.1 Å². The molecule has 0 aromatic heterocycles. The molecule has 0 bridgehead atoms. The predicted molar refractivity (Wildman–Crippen MR) is 203 cm³/mol. The van der Waals surface area contributed by atoms with Crippen molar-refractivity contribution in [3.05, 3.63) is 123 Å². The Balaban J connectivity index is 1.21. The van der Waals surface area contributed by atoms with Crippen molar-refractivity contribution in [1.82, 2.24) is 0 Å². The molecule has 51 heavy (non-hydrogen) atoms. The van der Waals surface area contributed by atoms with Crippen LogP contribution in [0.1, 0.15) is 30.4 Å². The van der Waals surface area contributed by atoms with Crippen molar-refractivity contribution < 1.29 is 39.0 Å². The Morgan fingerprint density at radius 1 is 0.961 bits per heavy atom. The zero-order chi connectivity index (χ0) is 35.6. The number of ether oxygens (including phenoxy) is 3. The first-order valence-electron chi connectivity index (χ1n) is 16.9. The van der Waals surface area contributed by atoms with E-state index in [2.05, 4.69) is 40.8 Å². The summed E-state index contributed by atoms with van der Waals surface area (Å²) in [6.45, 7) is 0.565. The summed E-state index contributed by atoms with van der Waals surface area (Å²) in [5.74, 6) is -0.879. The fraction of sp³-hybridized carbons (Fsp3) is 0.250. The Morgan fingerprint density at radius 3 is 2.43 bits per heavy atom. The van der Waals surface area contributed by atoms with Gasteiger partial charge in [-0.15, -0.1) is 0 Å². The normalized spacial score (nSPS) is 21.5. The lowest BCUT2D eigenvalue weighted by Crippen LogP contribution is -2.36. The Morgan fingerprint density at radius 2 is 1.71 bits per heavy atom. The third-order valence-corrected chi connectivity index (χ3v) is 10.8. The topological polar surface area (TPSA) is 126 Å². The van der Waals surface area contributed by atoms with Gasteiger partial charge in [0.05, 0.1) is 40.9 Å². The van der Waals surface area contributed by atoms with Gasteiger partial charge in [-0.05, 0) is 112 Å². The maximum atomic E-state index is 14.2. The molecular weight excluding hydrogens is 760 g/mol. The van der Waals surface area contributed by atoms with Gasteiger partial charge < -0.3 is 29.4 Å². The van der Waals surface area contributed by atoms with Crippen LogP contribution in [0.4, 0.5) is 5.69 Å². The molecule has 0 radical (unpaired) electrons. The highest BCUT2D eigenvalue weighted by molar-refractivity contribution is 14.1. The third-order valence-electron chi connectivity index (χ3n) is 10.0. The molecule has 1 aliphatic carbocycles. The summed E-state index contributed by atoms with van der Waals surface area (Å²) in [7, 11) is -0.196. The number of benzene rings is 4. The van der Waals surface area contributed by atoms with Crippen molar-refractivity contribution >= 4 is 64.3 Å². The molecule has 3 aliphatic rings. The highest BCUT2D eigenvalue weighted by atomic mass is 127. The van der Waals surface area contributed by atoms with Crippen LogP contribution in [-0.2, 0) is 14.3 Å². The summed E-state index contributed by atoms with van der Waals surface area (Å²) in [4.78, 5) is 29.4. The molecule has 2 amide bonds. The van der Waals surface area contributed by atoms with Gasteiger partial charge in [0.2, 0.25) is 11.8 Å². The van der Waals surface area contributed by atoms with E-state index < -0.39 is 19.0 Å². The van der Waals surface area contributed by atoms with Crippen LogP contribution in [0.5, 0.6) is 17.2 Å². The third kappa shape index (κ3) is 7.08. The quantitative estimate of drug-likeness (QED) is 0.0589. The van der Waals surface area contributed by atoms with E-state index >= 15 is 0 Å². The molecule has 2 aliphatic heterocycles. The molecule has 9 nitrogen and oxygen atoms in total. The van der Waals surface area contributed by atoms with Gasteiger partial charge in [0.15, 0.2) is 11.5 Å². The van der Waals surface area contributed by atoms with E-state index in [4.69, 9.17) is 14.2 Å². The van der Waals surface area contributed by atoms with Gasteiger partial charge >= 0.3 is 7.12 Å². The fourth-order valence-corrected chi connectivity index (χ4v) is 8.27. The van der Waals surface area contributed by atoms with Crippen LogP contribution in [-0.4, -0.2) is 60.5 Å². The Bertz CT molecular complexity index is 2000. The summed E-state index contributed by atoms with van der Waals surface area (Å²) in [5.41, 5.74) is 5.55. The van der Waals surface area contributed by atoms with Crippen LogP contribution in [0.3, 0.4) is 0 Å². The van der Waals surface area contributed by atoms with E-state index in [1.807, 2.05) is 60.7 Å². The number of hydrogen-bond acceptors (Lipinski definition) is 8. The summed E-state index contributed by atoms with van der Waals surface area (Å²) in [6.07, 6.45) is 3.45. The zero-order valence-electron chi connectivity index (χ0n) is 27.9. The number of anilines is 1. The molecule has 3 N–H and O–H groups in total. The molecule has 0 unspecified atom stereocenters. The summed E-state index contributed by atoms with van der Waals surface area (Å²) in [6, 6.07) is 29.6. The van der Waals surface area contributed by atoms with Crippen molar-refractivity contribution in [1.29, 1.82) is 0 Å². The van der Waals surface area contributed by atoms with Gasteiger partial charge in [-0.25, -0.2) is 0 Å². The number of allylic oxidation sites excluding steroid dienone is 1. The molecule has 2 fully saturated rings. The monoisotopic (exact) mass is 797 g/mol. The van der Waals surface area contributed by atoms with E-state index in [9.17, 15) is 24.7 Å². The molecule has 0 saturated carbocycles. The maximum absolute atomic E-state index is 14.2. The van der Waals surface area contributed by atoms with Gasteiger partial charge in [-0.1, -0.05) is 66.7 Å². The van der Waals surface area contributed by atoms with Crippen molar-refractivity contribution in [2.45, 2.75) is 25.4 Å². The number of methoxy groups -OCH3 is 1. The van der Waals surface area contributed by atoms with Crippen LogP contribution in [0, 0.1) is 21.3 Å². The molecule has 2 heterocycles. The average molecular weight is 797 g/mol. The molecule has 4 aromatic carbocycles. The molecule has 4 atom stereocenters. The van der Waals surface area contributed by atoms with E-state index in [0.29, 0.717) is 46.6 Å². The molecule has 0 spiro atoms. The first-order chi connectivity index (χ1) is 24.7. The first kappa shape index (κ1) is 35.0.